The summed E-state index contributed by atoms with van der Waals surface area (Å²) in [5.74, 6) is 0. The van der Waals surface area contributed by atoms with Crippen LogP contribution in [0.4, 0.5) is 0 Å². The molecule has 4 aromatic carbocycles. The van der Waals surface area contributed by atoms with Gasteiger partial charge in [0.1, 0.15) is 7.05 Å². The first-order valence-corrected chi connectivity index (χ1v) is 8.59. The number of benzene rings is 4. The Morgan fingerprint density at radius 3 is 2.04 bits per heavy atom. The van der Waals surface area contributed by atoms with Crippen molar-refractivity contribution in [2.45, 2.75) is 0 Å². The summed E-state index contributed by atoms with van der Waals surface area (Å²) in [6, 6.07) is 24.2. The fourth-order valence-electron chi connectivity index (χ4n) is 3.71. The Kier molecular flexibility index (Phi) is 3.07. The lowest BCUT2D eigenvalue weighted by Gasteiger charge is -2.12. The van der Waals surface area contributed by atoms with Crippen molar-refractivity contribution in [3.05, 3.63) is 90.3 Å². The van der Waals surface area contributed by atoms with Crippen molar-refractivity contribution in [3.8, 4) is 0 Å². The van der Waals surface area contributed by atoms with Crippen molar-refractivity contribution in [2.24, 2.45) is 7.05 Å². The van der Waals surface area contributed by atoms with Crippen LogP contribution in [-0.4, -0.2) is 0 Å². The summed E-state index contributed by atoms with van der Waals surface area (Å²) in [5.41, 5.74) is 2.47. The van der Waals surface area contributed by atoms with Crippen LogP contribution in [-0.2, 0) is 7.05 Å². The number of rotatable bonds is 2. The Balaban J connectivity index is 1.74. The van der Waals surface area contributed by atoms with E-state index in [9.17, 15) is 0 Å². The van der Waals surface area contributed by atoms with Crippen LogP contribution >= 0.6 is 0 Å². The van der Waals surface area contributed by atoms with Crippen LogP contribution in [0.15, 0.2) is 79.1 Å². The highest BCUT2D eigenvalue weighted by atomic mass is 14.9. The van der Waals surface area contributed by atoms with Crippen LogP contribution < -0.4 is 4.57 Å². The van der Waals surface area contributed by atoms with E-state index in [1.807, 2.05) is 11.6 Å². The zero-order valence-electron chi connectivity index (χ0n) is 14.1. The van der Waals surface area contributed by atoms with Crippen LogP contribution in [0.5, 0.6) is 0 Å². The van der Waals surface area contributed by atoms with Crippen molar-refractivity contribution in [2.75, 3.05) is 0 Å². The Hall–Kier alpha value is -3.19. The molecule has 0 aliphatic heterocycles. The molecule has 0 saturated heterocycles. The van der Waals surface area contributed by atoms with E-state index in [2.05, 4.69) is 91.3 Å². The largest absolute Gasteiger partial charge is 0.208 e. The third-order valence-electron chi connectivity index (χ3n) is 5.02. The van der Waals surface area contributed by atoms with Gasteiger partial charge in [-0.15, -0.1) is 0 Å². The molecule has 0 aliphatic rings. The smallest absolute Gasteiger partial charge is 0.169 e. The van der Waals surface area contributed by atoms with Gasteiger partial charge in [-0.1, -0.05) is 66.7 Å². The summed E-state index contributed by atoms with van der Waals surface area (Å²) in [6.45, 7) is 0. The van der Waals surface area contributed by atoms with Gasteiger partial charge in [0.05, 0.1) is 0 Å². The number of hydrogen-bond donors (Lipinski definition) is 0. The predicted molar refractivity (Wildman–Crippen MR) is 107 cm³/mol. The molecule has 1 heterocycles. The lowest BCUT2D eigenvalue weighted by Crippen LogP contribution is -2.25. The van der Waals surface area contributed by atoms with Crippen molar-refractivity contribution < 1.29 is 4.57 Å². The van der Waals surface area contributed by atoms with Gasteiger partial charge in [0.15, 0.2) is 12.4 Å². The minimum absolute atomic E-state index is 1.21. The van der Waals surface area contributed by atoms with E-state index < -0.39 is 0 Å². The molecule has 1 aromatic heterocycles. The van der Waals surface area contributed by atoms with Gasteiger partial charge in [0.2, 0.25) is 0 Å². The van der Waals surface area contributed by atoms with Crippen LogP contribution in [0.25, 0.3) is 44.5 Å². The number of nitrogens with zero attached hydrogens (tertiary/aromatic N) is 1. The molecule has 1 heteroatoms. The molecule has 1 nitrogen and oxygen atoms in total. The average Bonchev–Trinajstić information content (AvgIpc) is 2.66. The van der Waals surface area contributed by atoms with E-state index in [-0.39, 0.29) is 0 Å². The summed E-state index contributed by atoms with van der Waals surface area (Å²) in [6.07, 6.45) is 8.56. The van der Waals surface area contributed by atoms with Crippen LogP contribution in [0.1, 0.15) is 11.1 Å². The molecule has 0 amide bonds. The number of pyridine rings is 1. The van der Waals surface area contributed by atoms with E-state index in [1.165, 1.54) is 43.4 Å². The Morgan fingerprint density at radius 1 is 0.640 bits per heavy atom. The second-order valence-electron chi connectivity index (χ2n) is 6.64. The highest BCUT2D eigenvalue weighted by Crippen LogP contribution is 2.36. The molecule has 25 heavy (non-hydrogen) atoms. The van der Waals surface area contributed by atoms with Crippen molar-refractivity contribution in [1.82, 2.24) is 0 Å². The van der Waals surface area contributed by atoms with Gasteiger partial charge in [-0.25, -0.2) is 4.57 Å². The zero-order valence-corrected chi connectivity index (χ0v) is 14.1. The van der Waals surface area contributed by atoms with E-state index >= 15 is 0 Å². The maximum absolute atomic E-state index is 2.26. The van der Waals surface area contributed by atoms with Crippen LogP contribution in [0.2, 0.25) is 0 Å². The quantitative estimate of drug-likeness (QED) is 0.295. The number of hydrogen-bond acceptors (Lipinski definition) is 0. The molecule has 0 fully saturated rings. The minimum atomic E-state index is 1.21. The first-order valence-electron chi connectivity index (χ1n) is 8.59. The van der Waals surface area contributed by atoms with Gasteiger partial charge in [-0.2, -0.15) is 0 Å². The molecular weight excluding hydrogens is 302 g/mol. The Labute approximate surface area is 146 Å². The topological polar surface area (TPSA) is 3.88 Å². The first kappa shape index (κ1) is 14.2. The zero-order chi connectivity index (χ0) is 16.8. The summed E-state index contributed by atoms with van der Waals surface area (Å²) >= 11 is 0. The third kappa shape index (κ3) is 2.28. The summed E-state index contributed by atoms with van der Waals surface area (Å²) in [7, 11) is 2.04. The molecule has 0 unspecified atom stereocenters. The lowest BCUT2D eigenvalue weighted by molar-refractivity contribution is -0.671. The highest BCUT2D eigenvalue weighted by molar-refractivity contribution is 6.24. The fourth-order valence-corrected chi connectivity index (χ4v) is 3.71. The molecule has 118 valence electrons. The fraction of sp³-hybridized carbons (Fsp3) is 0.0417. The van der Waals surface area contributed by atoms with Gasteiger partial charge in [-0.05, 0) is 43.4 Å². The van der Waals surface area contributed by atoms with E-state index in [4.69, 9.17) is 0 Å². The van der Waals surface area contributed by atoms with Crippen LogP contribution in [0, 0.1) is 0 Å². The molecule has 5 aromatic rings. The van der Waals surface area contributed by atoms with Crippen molar-refractivity contribution in [1.29, 1.82) is 0 Å². The van der Waals surface area contributed by atoms with Crippen LogP contribution in [0.3, 0.4) is 0 Å². The highest BCUT2D eigenvalue weighted by Gasteiger charge is 2.09. The second-order valence-corrected chi connectivity index (χ2v) is 6.64. The minimum Gasteiger partial charge on any atom is -0.208 e. The monoisotopic (exact) mass is 320 g/mol. The van der Waals surface area contributed by atoms with E-state index in [0.29, 0.717) is 0 Å². The molecule has 0 saturated carbocycles. The summed E-state index contributed by atoms with van der Waals surface area (Å²) in [5, 5.41) is 8.00. The predicted octanol–water partition coefficient (Wildman–Crippen LogP) is 5.58. The Morgan fingerprint density at radius 2 is 1.28 bits per heavy atom. The van der Waals surface area contributed by atoms with Gasteiger partial charge in [0, 0.05) is 12.1 Å². The number of aromatic nitrogens is 1. The Bertz CT molecular complexity index is 1210. The van der Waals surface area contributed by atoms with Gasteiger partial charge < -0.3 is 0 Å². The molecule has 5 rings (SSSR count). The molecule has 0 N–H and O–H groups in total. The van der Waals surface area contributed by atoms with Crippen molar-refractivity contribution in [3.63, 3.8) is 0 Å². The van der Waals surface area contributed by atoms with Gasteiger partial charge in [0.25, 0.3) is 0 Å². The molecule has 0 spiro atoms. The van der Waals surface area contributed by atoms with Crippen molar-refractivity contribution >= 4 is 44.5 Å². The van der Waals surface area contributed by atoms with E-state index in [0.717, 1.165) is 0 Å². The van der Waals surface area contributed by atoms with Gasteiger partial charge in [-0.3, -0.25) is 0 Å². The summed E-state index contributed by atoms with van der Waals surface area (Å²) < 4.78 is 2.05. The molecule has 0 aliphatic carbocycles. The van der Waals surface area contributed by atoms with E-state index in [1.54, 1.807) is 0 Å². The molecule has 0 bridgehead atoms. The molecule has 0 radical (unpaired) electrons. The average molecular weight is 320 g/mol. The first-order chi connectivity index (χ1) is 12.3. The lowest BCUT2D eigenvalue weighted by atomic mass is 9.92. The maximum atomic E-state index is 2.26. The van der Waals surface area contributed by atoms with Gasteiger partial charge >= 0.3 is 0 Å². The standard InChI is InChI=1S/C24H18N/c1-25-15-13-17(14-16-25)5-6-18-7-8-21-10-9-19-3-2-4-20-11-12-22(18)24(21)23(19)20/h2-16H,1H3/q+1. The summed E-state index contributed by atoms with van der Waals surface area (Å²) in [4.78, 5) is 0. The maximum Gasteiger partial charge on any atom is 0.169 e. The number of aryl methyl sites for hydroxylation is 1. The SMILES string of the molecule is C[n+]1ccc(C=Cc2ccc3ccc4cccc5ccc2c3c45)cc1. The molecular formula is C24H18N+. The molecule has 0 atom stereocenters. The second kappa shape index (κ2) is 5.42. The third-order valence-corrected chi connectivity index (χ3v) is 5.02. The normalized spacial score (nSPS) is 12.0.